The summed E-state index contributed by atoms with van der Waals surface area (Å²) in [5, 5.41) is 3.91. The maximum Gasteiger partial charge on any atom is 0.277 e. The Kier molecular flexibility index (Phi) is 6.81. The fraction of sp³-hybridized carbons (Fsp3) is 0.222. The summed E-state index contributed by atoms with van der Waals surface area (Å²) in [6.45, 7) is 2.08. The molecule has 0 aliphatic carbocycles. The topological polar surface area (TPSA) is 50.7 Å². The summed E-state index contributed by atoms with van der Waals surface area (Å²) in [7, 11) is 0. The molecule has 0 aliphatic rings. The summed E-state index contributed by atoms with van der Waals surface area (Å²) in [5.74, 6) is 0.379. The normalized spacial score (nSPS) is 10.7. The Hall–Kier alpha value is -2.14. The number of hydrogen-bond acceptors (Lipinski definition) is 3. The number of carbonyl (C=O) groups is 1. The Morgan fingerprint density at radius 3 is 2.74 bits per heavy atom. The van der Waals surface area contributed by atoms with Gasteiger partial charge in [0.25, 0.3) is 5.91 Å². The van der Waals surface area contributed by atoms with Crippen LogP contribution < -0.4 is 10.2 Å². The van der Waals surface area contributed by atoms with Gasteiger partial charge < -0.3 is 4.74 Å². The van der Waals surface area contributed by atoms with E-state index in [4.69, 9.17) is 4.74 Å². The molecule has 0 saturated heterocycles. The second kappa shape index (κ2) is 9.10. The van der Waals surface area contributed by atoms with Crippen molar-refractivity contribution in [2.75, 3.05) is 6.61 Å². The third kappa shape index (κ3) is 6.24. The first-order chi connectivity index (χ1) is 11.2. The van der Waals surface area contributed by atoms with Crippen molar-refractivity contribution >= 4 is 28.1 Å². The van der Waals surface area contributed by atoms with E-state index in [1.165, 1.54) is 5.56 Å². The highest BCUT2D eigenvalue weighted by atomic mass is 79.9. The molecule has 0 fully saturated rings. The first-order valence-corrected chi connectivity index (χ1v) is 8.26. The molecule has 0 saturated carbocycles. The highest BCUT2D eigenvalue weighted by Gasteiger charge is 2.01. The third-order valence-corrected chi connectivity index (χ3v) is 3.58. The smallest absolute Gasteiger partial charge is 0.277 e. The summed E-state index contributed by atoms with van der Waals surface area (Å²) >= 11 is 3.38. The van der Waals surface area contributed by atoms with Crippen molar-refractivity contribution in [1.29, 1.82) is 0 Å². The lowest BCUT2D eigenvalue weighted by Gasteiger charge is -2.06. The number of hydrazone groups is 1. The molecule has 4 nitrogen and oxygen atoms in total. The number of halogens is 1. The van der Waals surface area contributed by atoms with Crippen molar-refractivity contribution in [3.05, 3.63) is 64.1 Å². The van der Waals surface area contributed by atoms with Crippen LogP contribution in [0.2, 0.25) is 0 Å². The zero-order valence-electron chi connectivity index (χ0n) is 13.0. The van der Waals surface area contributed by atoms with Gasteiger partial charge >= 0.3 is 0 Å². The number of nitrogens with one attached hydrogen (secondary N) is 1. The zero-order chi connectivity index (χ0) is 16.5. The summed E-state index contributed by atoms with van der Waals surface area (Å²) in [5.41, 5.74) is 4.60. The number of aryl methyl sites for hydroxylation is 1. The minimum Gasteiger partial charge on any atom is -0.484 e. The standard InChI is InChI=1S/C18H19BrN2O2/c1-2-4-14-7-9-17(10-8-14)23-13-18(22)21-20-12-15-5-3-6-16(19)11-15/h3,5-12H,2,4,13H2,1H3,(H,21,22)/b20-12-. The fourth-order valence-corrected chi connectivity index (χ4v) is 2.40. The van der Waals surface area contributed by atoms with Gasteiger partial charge in [-0.1, -0.05) is 53.5 Å². The molecule has 0 radical (unpaired) electrons. The third-order valence-electron chi connectivity index (χ3n) is 3.08. The maximum absolute atomic E-state index is 11.7. The largest absolute Gasteiger partial charge is 0.484 e. The Morgan fingerprint density at radius 1 is 1.26 bits per heavy atom. The second-order valence-corrected chi connectivity index (χ2v) is 5.95. The maximum atomic E-state index is 11.7. The average Bonchev–Trinajstić information content (AvgIpc) is 2.55. The number of hydrogen-bond donors (Lipinski definition) is 1. The van der Waals surface area contributed by atoms with Gasteiger partial charge in [-0.25, -0.2) is 5.43 Å². The zero-order valence-corrected chi connectivity index (χ0v) is 14.5. The van der Waals surface area contributed by atoms with Crippen LogP contribution in [0.5, 0.6) is 5.75 Å². The van der Waals surface area contributed by atoms with Crippen molar-refractivity contribution < 1.29 is 9.53 Å². The summed E-state index contributed by atoms with van der Waals surface area (Å²) < 4.78 is 6.39. The Bertz CT molecular complexity index is 669. The second-order valence-electron chi connectivity index (χ2n) is 5.03. The molecule has 0 atom stereocenters. The van der Waals surface area contributed by atoms with Crippen molar-refractivity contribution in [2.24, 2.45) is 5.10 Å². The number of nitrogens with zero attached hydrogens (tertiary/aromatic N) is 1. The van der Waals surface area contributed by atoms with Crippen LogP contribution in [0.15, 0.2) is 58.1 Å². The van der Waals surface area contributed by atoms with Gasteiger partial charge in [0.05, 0.1) is 6.21 Å². The van der Waals surface area contributed by atoms with E-state index in [9.17, 15) is 4.79 Å². The fourth-order valence-electron chi connectivity index (χ4n) is 1.99. The molecular formula is C18H19BrN2O2. The van der Waals surface area contributed by atoms with Crippen LogP contribution in [0.1, 0.15) is 24.5 Å². The molecule has 0 unspecified atom stereocenters. The first-order valence-electron chi connectivity index (χ1n) is 7.46. The van der Waals surface area contributed by atoms with Crippen molar-refractivity contribution in [3.63, 3.8) is 0 Å². The molecule has 1 amide bonds. The van der Waals surface area contributed by atoms with Crippen molar-refractivity contribution in [2.45, 2.75) is 19.8 Å². The minimum atomic E-state index is -0.297. The molecule has 1 N–H and O–H groups in total. The molecule has 5 heteroatoms. The number of benzene rings is 2. The predicted octanol–water partition coefficient (Wildman–Crippen LogP) is 3.93. The van der Waals surface area contributed by atoms with Crippen LogP contribution in [0.25, 0.3) is 0 Å². The van der Waals surface area contributed by atoms with Crippen LogP contribution in [-0.4, -0.2) is 18.7 Å². The van der Waals surface area contributed by atoms with Crippen LogP contribution in [-0.2, 0) is 11.2 Å². The molecule has 23 heavy (non-hydrogen) atoms. The molecule has 0 bridgehead atoms. The number of ether oxygens (including phenoxy) is 1. The minimum absolute atomic E-state index is 0.0665. The molecule has 2 rings (SSSR count). The molecule has 0 spiro atoms. The molecule has 2 aromatic carbocycles. The van der Waals surface area contributed by atoms with E-state index < -0.39 is 0 Å². The molecule has 0 aromatic heterocycles. The quantitative estimate of drug-likeness (QED) is 0.589. The summed E-state index contributed by atoms with van der Waals surface area (Å²) in [6.07, 6.45) is 3.74. The van der Waals surface area contributed by atoms with Crippen LogP contribution >= 0.6 is 15.9 Å². The van der Waals surface area contributed by atoms with E-state index in [1.54, 1.807) is 6.21 Å². The molecule has 120 valence electrons. The Morgan fingerprint density at radius 2 is 2.04 bits per heavy atom. The van der Waals surface area contributed by atoms with Gasteiger partial charge in [-0.15, -0.1) is 0 Å². The van der Waals surface area contributed by atoms with E-state index in [-0.39, 0.29) is 12.5 Å². The SMILES string of the molecule is CCCc1ccc(OCC(=O)N/N=C\c2cccc(Br)c2)cc1. The average molecular weight is 375 g/mol. The van der Waals surface area contributed by atoms with Gasteiger partial charge in [0, 0.05) is 4.47 Å². The van der Waals surface area contributed by atoms with Crippen LogP contribution in [0.4, 0.5) is 0 Å². The number of carbonyl (C=O) groups excluding carboxylic acids is 1. The molecular weight excluding hydrogens is 356 g/mol. The Balaban J connectivity index is 1.76. The molecule has 0 heterocycles. The highest BCUT2D eigenvalue weighted by molar-refractivity contribution is 9.10. The van der Waals surface area contributed by atoms with Gasteiger partial charge in [-0.3, -0.25) is 4.79 Å². The highest BCUT2D eigenvalue weighted by Crippen LogP contribution is 2.13. The number of rotatable bonds is 7. The van der Waals surface area contributed by atoms with Crippen LogP contribution in [0, 0.1) is 0 Å². The first kappa shape index (κ1) is 17.2. The summed E-state index contributed by atoms with van der Waals surface area (Å²) in [6, 6.07) is 15.4. The lowest BCUT2D eigenvalue weighted by Crippen LogP contribution is -2.24. The van der Waals surface area contributed by atoms with Gasteiger partial charge in [0.1, 0.15) is 5.75 Å². The number of amides is 1. The van der Waals surface area contributed by atoms with E-state index in [1.807, 2.05) is 48.5 Å². The Labute approximate surface area is 144 Å². The van der Waals surface area contributed by atoms with E-state index in [2.05, 4.69) is 33.4 Å². The van der Waals surface area contributed by atoms with E-state index in [0.717, 1.165) is 22.9 Å². The lowest BCUT2D eigenvalue weighted by molar-refractivity contribution is -0.123. The van der Waals surface area contributed by atoms with Gasteiger partial charge in [0.2, 0.25) is 0 Å². The van der Waals surface area contributed by atoms with Gasteiger partial charge in [0.15, 0.2) is 6.61 Å². The van der Waals surface area contributed by atoms with E-state index in [0.29, 0.717) is 5.75 Å². The molecule has 0 aliphatic heterocycles. The van der Waals surface area contributed by atoms with Crippen molar-refractivity contribution in [1.82, 2.24) is 5.43 Å². The summed E-state index contributed by atoms with van der Waals surface area (Å²) in [4.78, 5) is 11.7. The predicted molar refractivity (Wildman–Crippen MR) is 95.8 cm³/mol. The van der Waals surface area contributed by atoms with Gasteiger partial charge in [-0.2, -0.15) is 5.10 Å². The lowest BCUT2D eigenvalue weighted by atomic mass is 10.1. The van der Waals surface area contributed by atoms with Crippen LogP contribution in [0.3, 0.4) is 0 Å². The van der Waals surface area contributed by atoms with Crippen molar-refractivity contribution in [3.8, 4) is 5.75 Å². The van der Waals surface area contributed by atoms with Gasteiger partial charge in [-0.05, 0) is 41.8 Å². The molecule has 2 aromatic rings. The monoisotopic (exact) mass is 374 g/mol. The van der Waals surface area contributed by atoms with E-state index >= 15 is 0 Å².